The van der Waals surface area contributed by atoms with Crippen molar-refractivity contribution in [3.05, 3.63) is 119 Å². The van der Waals surface area contributed by atoms with Gasteiger partial charge in [-0.25, -0.2) is 0 Å². The fraction of sp³-hybridized carbons (Fsp3) is 0.333. The molecule has 4 aromatic rings. The third-order valence-electron chi connectivity index (χ3n) is 8.36. The van der Waals surface area contributed by atoms with E-state index in [0.717, 1.165) is 29.9 Å². The Morgan fingerprint density at radius 1 is 0.525 bits per heavy atom. The minimum Gasteiger partial charge on any atom is -0.508 e. The number of hydrogen-bond donors (Lipinski definition) is 2. The Hall–Kier alpha value is -3.92. The Morgan fingerprint density at radius 2 is 1.00 bits per heavy atom. The lowest BCUT2D eigenvalue weighted by Crippen LogP contribution is -2.43. The van der Waals surface area contributed by atoms with E-state index in [2.05, 4.69) is 65.8 Å². The maximum atomic E-state index is 9.51. The first-order chi connectivity index (χ1) is 18.8. The maximum absolute atomic E-state index is 9.51. The Kier molecular flexibility index (Phi) is 6.86. The van der Waals surface area contributed by atoms with Gasteiger partial charge in [0.05, 0.1) is 0 Å². The van der Waals surface area contributed by atoms with Gasteiger partial charge in [0.15, 0.2) is 0 Å². The summed E-state index contributed by atoms with van der Waals surface area (Å²) in [6.45, 7) is 13.1. The van der Waals surface area contributed by atoms with Gasteiger partial charge in [-0.3, -0.25) is 0 Å². The maximum Gasteiger partial charge on any atom is 0.132 e. The van der Waals surface area contributed by atoms with Crippen LogP contribution < -0.4 is 9.47 Å². The summed E-state index contributed by atoms with van der Waals surface area (Å²) < 4.78 is 12.4. The van der Waals surface area contributed by atoms with E-state index in [9.17, 15) is 10.2 Å². The number of rotatable bonds is 2. The highest BCUT2D eigenvalue weighted by molar-refractivity contribution is 5.50. The summed E-state index contributed by atoms with van der Waals surface area (Å²) in [6.07, 6.45) is 1.81. The summed E-state index contributed by atoms with van der Waals surface area (Å²) in [5.41, 5.74) is 4.15. The van der Waals surface area contributed by atoms with Crippen LogP contribution in [0.15, 0.2) is 97.1 Å². The molecule has 0 saturated heterocycles. The quantitative estimate of drug-likeness (QED) is 0.269. The van der Waals surface area contributed by atoms with Crippen LogP contribution >= 0.6 is 0 Å². The molecule has 0 saturated carbocycles. The molecule has 4 nitrogen and oxygen atoms in total. The van der Waals surface area contributed by atoms with Crippen LogP contribution in [-0.4, -0.2) is 15.8 Å². The summed E-state index contributed by atoms with van der Waals surface area (Å²) in [5, 5.41) is 19.0. The summed E-state index contributed by atoms with van der Waals surface area (Å²) in [4.78, 5) is 0. The van der Waals surface area contributed by atoms with Crippen molar-refractivity contribution in [3.63, 3.8) is 0 Å². The molecule has 0 bridgehead atoms. The van der Waals surface area contributed by atoms with Gasteiger partial charge >= 0.3 is 0 Å². The first-order valence-corrected chi connectivity index (χ1v) is 14.0. The largest absolute Gasteiger partial charge is 0.508 e. The summed E-state index contributed by atoms with van der Waals surface area (Å²) in [6, 6.07) is 31.3. The second kappa shape index (κ2) is 9.92. The molecule has 0 amide bonds. The van der Waals surface area contributed by atoms with Crippen LogP contribution in [0.2, 0.25) is 0 Å². The molecule has 2 aliphatic rings. The lowest BCUT2D eigenvalue weighted by molar-refractivity contribution is 0.0324. The Bertz CT molecular complexity index is 1490. The highest BCUT2D eigenvalue weighted by Crippen LogP contribution is 2.49. The summed E-state index contributed by atoms with van der Waals surface area (Å²) in [5.74, 6) is 2.50. The second-order valence-electron chi connectivity index (χ2n) is 12.9. The topological polar surface area (TPSA) is 58.9 Å². The highest BCUT2D eigenvalue weighted by Gasteiger charge is 2.44. The Morgan fingerprint density at radius 3 is 1.57 bits per heavy atom. The minimum atomic E-state index is -0.369. The van der Waals surface area contributed by atoms with E-state index in [1.54, 1.807) is 24.3 Å². The molecule has 4 heteroatoms. The van der Waals surface area contributed by atoms with Gasteiger partial charge in [0, 0.05) is 23.8 Å². The normalized spacial score (nSPS) is 23.8. The van der Waals surface area contributed by atoms with E-state index in [0.29, 0.717) is 5.75 Å². The zero-order chi connectivity index (χ0) is 28.8. The van der Waals surface area contributed by atoms with Crippen molar-refractivity contribution in [1.29, 1.82) is 0 Å². The lowest BCUT2D eigenvalue weighted by Gasteiger charge is -2.44. The van der Waals surface area contributed by atoms with Crippen molar-refractivity contribution in [2.45, 2.75) is 76.4 Å². The van der Waals surface area contributed by atoms with E-state index < -0.39 is 0 Å². The van der Waals surface area contributed by atoms with Crippen LogP contribution in [0, 0.1) is 0 Å². The zero-order valence-electron chi connectivity index (χ0n) is 24.4. The van der Waals surface area contributed by atoms with Crippen molar-refractivity contribution >= 4 is 0 Å². The number of aromatic hydroxyl groups is 2. The molecule has 2 atom stereocenters. The molecule has 0 radical (unpaired) electrons. The molecule has 0 aromatic heterocycles. The molecule has 0 fully saturated rings. The lowest BCUT2D eigenvalue weighted by atomic mass is 9.68. The first-order valence-electron chi connectivity index (χ1n) is 14.0. The molecule has 2 aliphatic heterocycles. The predicted molar refractivity (Wildman–Crippen MR) is 160 cm³/mol. The standard InChI is InChI=1S/2C18H20O2/c1-17(2)12-18(3,13-8-10-14(19)11-9-13)15-6-4-5-7-16(15)20-17;1-17(2)12-18(3,13-8-10-14(19)11-9-13)20-16-7-5-4-6-15(16)17/h2*4-11,19H,12H2,1-3H3. The first kappa shape index (κ1) is 27.6. The Labute approximate surface area is 238 Å². The summed E-state index contributed by atoms with van der Waals surface area (Å²) >= 11 is 0. The van der Waals surface area contributed by atoms with Gasteiger partial charge in [-0.05, 0) is 79.3 Å². The molecule has 40 heavy (non-hydrogen) atoms. The number of phenolic OH excluding ortho intramolecular Hbond substituents is 2. The third kappa shape index (κ3) is 5.28. The van der Waals surface area contributed by atoms with Gasteiger partial charge in [0.1, 0.15) is 34.2 Å². The number of hydrogen-bond acceptors (Lipinski definition) is 4. The van der Waals surface area contributed by atoms with E-state index in [1.807, 2.05) is 48.5 Å². The van der Waals surface area contributed by atoms with Gasteiger partial charge in [-0.1, -0.05) is 81.4 Å². The molecule has 2 heterocycles. The minimum absolute atomic E-state index is 0.0570. The second-order valence-corrected chi connectivity index (χ2v) is 12.9. The molecule has 2 N–H and O–H groups in total. The van der Waals surface area contributed by atoms with E-state index in [-0.39, 0.29) is 27.8 Å². The number of para-hydroxylation sites is 2. The van der Waals surface area contributed by atoms with Crippen LogP contribution in [0.3, 0.4) is 0 Å². The molecule has 208 valence electrons. The molecule has 2 unspecified atom stereocenters. The predicted octanol–water partition coefficient (Wildman–Crippen LogP) is 8.63. The Balaban J connectivity index is 0.000000161. The van der Waals surface area contributed by atoms with Gasteiger partial charge < -0.3 is 19.7 Å². The number of fused-ring (bicyclic) bond motifs is 2. The van der Waals surface area contributed by atoms with Gasteiger partial charge in [-0.15, -0.1) is 0 Å². The van der Waals surface area contributed by atoms with Crippen molar-refractivity contribution in [3.8, 4) is 23.0 Å². The van der Waals surface area contributed by atoms with Crippen LogP contribution in [0.25, 0.3) is 0 Å². The molecule has 4 aromatic carbocycles. The zero-order valence-corrected chi connectivity index (χ0v) is 24.4. The average molecular weight is 537 g/mol. The van der Waals surface area contributed by atoms with E-state index >= 15 is 0 Å². The van der Waals surface area contributed by atoms with Crippen LogP contribution in [0.1, 0.15) is 76.6 Å². The van der Waals surface area contributed by atoms with Crippen LogP contribution in [0.4, 0.5) is 0 Å². The SMILES string of the molecule is CC1(C)CC(C)(c2ccc(O)cc2)Oc2ccccc21.CC1(C)CC(C)(c2ccc(O)cc2)c2ccccc2O1. The molecular weight excluding hydrogens is 496 g/mol. The van der Waals surface area contributed by atoms with Crippen LogP contribution in [-0.2, 0) is 16.4 Å². The molecule has 0 spiro atoms. The highest BCUT2D eigenvalue weighted by atomic mass is 16.5. The monoisotopic (exact) mass is 536 g/mol. The van der Waals surface area contributed by atoms with Crippen molar-refractivity contribution in [1.82, 2.24) is 0 Å². The van der Waals surface area contributed by atoms with E-state index in [1.165, 1.54) is 16.7 Å². The average Bonchev–Trinajstić information content (AvgIpc) is 2.88. The third-order valence-corrected chi connectivity index (χ3v) is 8.36. The number of benzene rings is 4. The van der Waals surface area contributed by atoms with E-state index in [4.69, 9.17) is 9.47 Å². The number of ether oxygens (including phenoxy) is 2. The van der Waals surface area contributed by atoms with Gasteiger partial charge in [-0.2, -0.15) is 0 Å². The molecule has 0 aliphatic carbocycles. The molecule has 6 rings (SSSR count). The van der Waals surface area contributed by atoms with Crippen molar-refractivity contribution < 1.29 is 19.7 Å². The smallest absolute Gasteiger partial charge is 0.132 e. The van der Waals surface area contributed by atoms with Crippen molar-refractivity contribution in [2.24, 2.45) is 0 Å². The van der Waals surface area contributed by atoms with Crippen molar-refractivity contribution in [2.75, 3.05) is 0 Å². The van der Waals surface area contributed by atoms with Gasteiger partial charge in [0.25, 0.3) is 0 Å². The molecular formula is C36H40O4. The summed E-state index contributed by atoms with van der Waals surface area (Å²) in [7, 11) is 0. The van der Waals surface area contributed by atoms with Gasteiger partial charge in [0.2, 0.25) is 0 Å². The van der Waals surface area contributed by atoms with Crippen LogP contribution in [0.5, 0.6) is 23.0 Å². The number of phenols is 2. The fourth-order valence-corrected chi connectivity index (χ4v) is 6.69. The fourth-order valence-electron chi connectivity index (χ4n) is 6.69.